The summed E-state index contributed by atoms with van der Waals surface area (Å²) in [6.07, 6.45) is 3.93. The number of aromatic hydroxyl groups is 1. The molecule has 0 radical (unpaired) electrons. The Morgan fingerprint density at radius 3 is 2.25 bits per heavy atom. The molecule has 0 saturated heterocycles. The number of alkyl carbamates (subject to hydrolysis) is 1. The van der Waals surface area contributed by atoms with Crippen molar-refractivity contribution in [2.45, 2.75) is 96.4 Å². The van der Waals surface area contributed by atoms with Gasteiger partial charge in [0.2, 0.25) is 17.7 Å². The van der Waals surface area contributed by atoms with Gasteiger partial charge in [0.1, 0.15) is 23.4 Å². The molecule has 0 aliphatic heterocycles. The van der Waals surface area contributed by atoms with Gasteiger partial charge in [-0.25, -0.2) is 4.79 Å². The van der Waals surface area contributed by atoms with Gasteiger partial charge in [-0.15, -0.1) is 0 Å². The van der Waals surface area contributed by atoms with Crippen molar-refractivity contribution in [1.29, 1.82) is 0 Å². The molecule has 1 aromatic rings. The van der Waals surface area contributed by atoms with E-state index >= 15 is 0 Å². The van der Waals surface area contributed by atoms with Crippen molar-refractivity contribution in [3.8, 4) is 5.75 Å². The quantitative estimate of drug-likeness (QED) is 0.385. The molecule has 10 heteroatoms. The van der Waals surface area contributed by atoms with E-state index in [2.05, 4.69) is 10.6 Å². The van der Waals surface area contributed by atoms with Gasteiger partial charge in [-0.1, -0.05) is 31.4 Å². The van der Waals surface area contributed by atoms with Gasteiger partial charge < -0.3 is 31.1 Å². The molecule has 200 valence electrons. The highest BCUT2D eigenvalue weighted by Gasteiger charge is 2.36. The van der Waals surface area contributed by atoms with Crippen molar-refractivity contribution in [2.24, 2.45) is 5.73 Å². The van der Waals surface area contributed by atoms with Gasteiger partial charge in [0.25, 0.3) is 0 Å². The van der Waals surface area contributed by atoms with Crippen LogP contribution in [0.5, 0.6) is 5.75 Å². The number of hydrogen-bond donors (Lipinski definition) is 4. The van der Waals surface area contributed by atoms with Crippen molar-refractivity contribution in [2.75, 3.05) is 6.54 Å². The number of nitrogens with two attached hydrogens (primary N) is 1. The van der Waals surface area contributed by atoms with E-state index in [0.29, 0.717) is 5.56 Å². The number of likely N-dealkylation sites (N-methyl/N-ethyl adjacent to an activating group) is 1. The summed E-state index contributed by atoms with van der Waals surface area (Å²) >= 11 is 0. The molecule has 10 nitrogen and oxygen atoms in total. The van der Waals surface area contributed by atoms with Crippen molar-refractivity contribution in [3.05, 3.63) is 29.8 Å². The van der Waals surface area contributed by atoms with Crippen LogP contribution < -0.4 is 16.4 Å². The Kier molecular flexibility index (Phi) is 10.6. The number of carbonyl (C=O) groups is 4. The van der Waals surface area contributed by atoms with Gasteiger partial charge in [0.05, 0.1) is 0 Å². The zero-order chi connectivity index (χ0) is 26.9. The van der Waals surface area contributed by atoms with Crippen molar-refractivity contribution >= 4 is 23.8 Å². The fraction of sp³-hybridized carbons (Fsp3) is 0.615. The molecule has 0 spiro atoms. The molecule has 4 amide bonds. The van der Waals surface area contributed by atoms with Crippen molar-refractivity contribution in [1.82, 2.24) is 15.5 Å². The molecule has 1 aliphatic rings. The van der Waals surface area contributed by atoms with E-state index in [-0.39, 0.29) is 37.1 Å². The molecule has 36 heavy (non-hydrogen) atoms. The predicted octanol–water partition coefficient (Wildman–Crippen LogP) is 2.89. The predicted molar refractivity (Wildman–Crippen MR) is 135 cm³/mol. The lowest BCUT2D eigenvalue weighted by molar-refractivity contribution is -0.142. The lowest BCUT2D eigenvalue weighted by atomic mass is 9.94. The minimum atomic E-state index is -1.13. The van der Waals surface area contributed by atoms with Gasteiger partial charge in [-0.3, -0.25) is 14.4 Å². The first-order chi connectivity index (χ1) is 16.9. The number of hydrogen-bond acceptors (Lipinski definition) is 6. The molecule has 1 aliphatic carbocycles. The average molecular weight is 505 g/mol. The SMILES string of the molecule is CCN(C(=O)C(CCC(N)=O)NC(=O)OC(C)(C)C)C(C(=O)NC1CCCCC1)c1ccc(O)cc1. The zero-order valence-electron chi connectivity index (χ0n) is 21.7. The number of phenolic OH excluding ortho intramolecular Hbond substituents is 1. The summed E-state index contributed by atoms with van der Waals surface area (Å²) in [6, 6.07) is 3.99. The lowest BCUT2D eigenvalue weighted by Crippen LogP contribution is -2.54. The fourth-order valence-corrected chi connectivity index (χ4v) is 4.32. The summed E-state index contributed by atoms with van der Waals surface area (Å²) in [6.45, 7) is 6.98. The van der Waals surface area contributed by atoms with Gasteiger partial charge in [0, 0.05) is 19.0 Å². The highest BCUT2D eigenvalue weighted by atomic mass is 16.6. The summed E-state index contributed by atoms with van der Waals surface area (Å²) in [5.74, 6) is -1.47. The standard InChI is InChI=1S/C26H40N4O6/c1-5-30(24(34)20(15-16-21(27)32)29-25(35)36-26(2,3)4)22(17-11-13-19(31)14-12-17)23(33)28-18-9-7-6-8-10-18/h11-14,18,20,22,31H,5-10,15-16H2,1-4H3,(H2,27,32)(H,28,33)(H,29,35). The molecule has 0 heterocycles. The maximum atomic E-state index is 13.7. The van der Waals surface area contributed by atoms with Crippen LogP contribution in [0.3, 0.4) is 0 Å². The number of phenols is 1. The minimum absolute atomic E-state index is 0.0187. The van der Waals surface area contributed by atoms with Gasteiger partial charge >= 0.3 is 6.09 Å². The monoisotopic (exact) mass is 504 g/mol. The maximum Gasteiger partial charge on any atom is 0.408 e. The van der Waals surface area contributed by atoms with Crippen LogP contribution in [0.15, 0.2) is 24.3 Å². The van der Waals surface area contributed by atoms with Crippen LogP contribution in [0.1, 0.15) is 84.2 Å². The van der Waals surface area contributed by atoms with Crippen LogP contribution in [-0.2, 0) is 19.1 Å². The molecule has 1 saturated carbocycles. The van der Waals surface area contributed by atoms with Gasteiger partial charge in [-0.2, -0.15) is 0 Å². The van der Waals surface area contributed by atoms with E-state index in [9.17, 15) is 24.3 Å². The number of benzene rings is 1. The number of primary amides is 1. The third-order valence-electron chi connectivity index (χ3n) is 6.01. The molecule has 2 unspecified atom stereocenters. The van der Waals surface area contributed by atoms with Crippen LogP contribution in [0.4, 0.5) is 4.79 Å². The van der Waals surface area contributed by atoms with E-state index in [1.54, 1.807) is 39.8 Å². The summed E-state index contributed by atoms with van der Waals surface area (Å²) in [5.41, 5.74) is 5.03. The Balaban J connectivity index is 2.36. The van der Waals surface area contributed by atoms with Gasteiger partial charge in [0.15, 0.2) is 0 Å². The smallest absolute Gasteiger partial charge is 0.408 e. The van der Waals surface area contributed by atoms with Crippen molar-refractivity contribution in [3.63, 3.8) is 0 Å². The summed E-state index contributed by atoms with van der Waals surface area (Å²) in [5, 5.41) is 15.4. The number of ether oxygens (including phenoxy) is 1. The number of amides is 4. The van der Waals surface area contributed by atoms with Crippen LogP contribution in [0.2, 0.25) is 0 Å². The third kappa shape index (κ3) is 9.05. The van der Waals surface area contributed by atoms with E-state index in [1.807, 2.05) is 0 Å². The van der Waals surface area contributed by atoms with E-state index in [0.717, 1.165) is 32.1 Å². The Hall–Kier alpha value is -3.30. The molecule has 2 rings (SSSR count). The zero-order valence-corrected chi connectivity index (χ0v) is 21.7. The topological polar surface area (TPSA) is 151 Å². The molecule has 2 atom stereocenters. The average Bonchev–Trinajstić information content (AvgIpc) is 2.79. The van der Waals surface area contributed by atoms with Crippen molar-refractivity contribution < 1.29 is 29.0 Å². The Bertz CT molecular complexity index is 906. The summed E-state index contributed by atoms with van der Waals surface area (Å²) < 4.78 is 5.30. The first-order valence-electron chi connectivity index (χ1n) is 12.6. The molecule has 0 bridgehead atoms. The fourth-order valence-electron chi connectivity index (χ4n) is 4.32. The highest BCUT2D eigenvalue weighted by Crippen LogP contribution is 2.26. The molecular formula is C26H40N4O6. The van der Waals surface area contributed by atoms with Crippen LogP contribution in [-0.4, -0.2) is 58.1 Å². The number of rotatable bonds is 10. The first-order valence-corrected chi connectivity index (χ1v) is 12.6. The molecule has 1 fully saturated rings. The minimum Gasteiger partial charge on any atom is -0.508 e. The second-order valence-electron chi connectivity index (χ2n) is 10.2. The Labute approximate surface area is 212 Å². The van der Waals surface area contributed by atoms with Crippen LogP contribution in [0.25, 0.3) is 0 Å². The molecule has 5 N–H and O–H groups in total. The highest BCUT2D eigenvalue weighted by molar-refractivity contribution is 5.92. The summed E-state index contributed by atoms with van der Waals surface area (Å²) in [7, 11) is 0. The van der Waals surface area contributed by atoms with Crippen LogP contribution >= 0.6 is 0 Å². The summed E-state index contributed by atoms with van der Waals surface area (Å²) in [4.78, 5) is 52.6. The largest absolute Gasteiger partial charge is 0.508 e. The normalized spacial score (nSPS) is 15.9. The number of nitrogens with one attached hydrogen (secondary N) is 2. The second kappa shape index (κ2) is 13.1. The maximum absolute atomic E-state index is 13.7. The molecule has 1 aromatic carbocycles. The molecular weight excluding hydrogens is 464 g/mol. The van der Waals surface area contributed by atoms with E-state index in [4.69, 9.17) is 10.5 Å². The van der Waals surface area contributed by atoms with E-state index in [1.165, 1.54) is 17.0 Å². The number of carbonyl (C=O) groups excluding carboxylic acids is 4. The second-order valence-corrected chi connectivity index (χ2v) is 10.2. The number of nitrogens with zero attached hydrogens (tertiary/aromatic N) is 1. The lowest BCUT2D eigenvalue weighted by Gasteiger charge is -2.35. The van der Waals surface area contributed by atoms with Crippen LogP contribution in [0, 0.1) is 0 Å². The van der Waals surface area contributed by atoms with E-state index < -0.39 is 35.6 Å². The Morgan fingerprint density at radius 2 is 1.72 bits per heavy atom. The molecule has 0 aromatic heterocycles. The Morgan fingerprint density at radius 1 is 1.11 bits per heavy atom. The van der Waals surface area contributed by atoms with Gasteiger partial charge in [-0.05, 0) is 64.7 Å². The third-order valence-corrected chi connectivity index (χ3v) is 6.01. The first kappa shape index (κ1) is 28.9.